The number of β-amino-alcohol motifs (C(OH)–C–C–N with tert-alkyl or cyclic N) is 1. The number of amides is 2. The second-order valence-corrected chi connectivity index (χ2v) is 5.41. The number of carbonyl (C=O) groups is 1. The van der Waals surface area contributed by atoms with Gasteiger partial charge in [-0.05, 0) is 24.3 Å². The Morgan fingerprint density at radius 1 is 1.21 bits per heavy atom. The summed E-state index contributed by atoms with van der Waals surface area (Å²) in [5, 5.41) is 11.8. The summed E-state index contributed by atoms with van der Waals surface area (Å²) >= 11 is 3.36. The first-order valence-electron chi connectivity index (χ1n) is 6.34. The van der Waals surface area contributed by atoms with E-state index in [0.717, 1.165) is 23.2 Å². The van der Waals surface area contributed by atoms with E-state index >= 15 is 0 Å². The molecule has 1 aliphatic rings. The standard InChI is InChI=1S/C13H18BrN3O2/c14-11-1-3-12(4-2-11)15-13(19)17-7-5-16(6-8-17)9-10-18/h1-4,18H,5-10H2,(H,15,19). The van der Waals surface area contributed by atoms with Crippen LogP contribution < -0.4 is 5.32 Å². The maximum atomic E-state index is 12.1. The van der Waals surface area contributed by atoms with E-state index in [1.165, 1.54) is 0 Å². The number of hydrogen-bond donors (Lipinski definition) is 2. The van der Waals surface area contributed by atoms with Crippen LogP contribution in [0.4, 0.5) is 10.5 Å². The normalized spacial score (nSPS) is 16.4. The molecule has 104 valence electrons. The van der Waals surface area contributed by atoms with Crippen LogP contribution in [0.2, 0.25) is 0 Å². The topological polar surface area (TPSA) is 55.8 Å². The summed E-state index contributed by atoms with van der Waals surface area (Å²) in [5.74, 6) is 0. The zero-order valence-electron chi connectivity index (χ0n) is 10.7. The van der Waals surface area contributed by atoms with Crippen molar-refractivity contribution < 1.29 is 9.90 Å². The van der Waals surface area contributed by atoms with Gasteiger partial charge in [0, 0.05) is 42.9 Å². The number of urea groups is 1. The Labute approximate surface area is 121 Å². The van der Waals surface area contributed by atoms with E-state index in [-0.39, 0.29) is 12.6 Å². The quantitative estimate of drug-likeness (QED) is 0.886. The third-order valence-corrected chi connectivity index (χ3v) is 3.70. The first kappa shape index (κ1) is 14.3. The third kappa shape index (κ3) is 4.19. The molecule has 2 N–H and O–H groups in total. The van der Waals surface area contributed by atoms with E-state index in [4.69, 9.17) is 5.11 Å². The minimum Gasteiger partial charge on any atom is -0.395 e. The number of nitrogens with zero attached hydrogens (tertiary/aromatic N) is 2. The van der Waals surface area contributed by atoms with Crippen molar-refractivity contribution >= 4 is 27.6 Å². The van der Waals surface area contributed by atoms with Gasteiger partial charge in [0.2, 0.25) is 0 Å². The van der Waals surface area contributed by atoms with Crippen molar-refractivity contribution in [1.29, 1.82) is 0 Å². The van der Waals surface area contributed by atoms with Crippen LogP contribution in [-0.2, 0) is 0 Å². The van der Waals surface area contributed by atoms with Gasteiger partial charge in [0.25, 0.3) is 0 Å². The predicted molar refractivity (Wildman–Crippen MR) is 78.3 cm³/mol. The van der Waals surface area contributed by atoms with Crippen molar-refractivity contribution in [1.82, 2.24) is 9.80 Å². The van der Waals surface area contributed by atoms with E-state index in [1.807, 2.05) is 24.3 Å². The molecule has 19 heavy (non-hydrogen) atoms. The number of nitrogens with one attached hydrogen (secondary N) is 1. The highest BCUT2D eigenvalue weighted by Crippen LogP contribution is 2.15. The molecular formula is C13H18BrN3O2. The van der Waals surface area contributed by atoms with Crippen LogP contribution in [0.3, 0.4) is 0 Å². The number of aliphatic hydroxyl groups excluding tert-OH is 1. The van der Waals surface area contributed by atoms with Crippen molar-refractivity contribution in [2.75, 3.05) is 44.6 Å². The summed E-state index contributed by atoms with van der Waals surface area (Å²) < 4.78 is 0.989. The Kier molecular flexibility index (Phi) is 5.18. The molecule has 0 aromatic heterocycles. The molecule has 0 bridgehead atoms. The van der Waals surface area contributed by atoms with Crippen LogP contribution >= 0.6 is 15.9 Å². The zero-order valence-corrected chi connectivity index (χ0v) is 12.3. The number of halogens is 1. The SMILES string of the molecule is O=C(Nc1ccc(Br)cc1)N1CCN(CCO)CC1. The van der Waals surface area contributed by atoms with Gasteiger partial charge in [-0.2, -0.15) is 0 Å². The lowest BCUT2D eigenvalue weighted by molar-refractivity contribution is 0.127. The van der Waals surface area contributed by atoms with Crippen molar-refractivity contribution in [3.05, 3.63) is 28.7 Å². The molecule has 1 saturated heterocycles. The Balaban J connectivity index is 1.83. The molecule has 6 heteroatoms. The van der Waals surface area contributed by atoms with Crippen molar-refractivity contribution in [3.63, 3.8) is 0 Å². The van der Waals surface area contributed by atoms with Gasteiger partial charge in [-0.1, -0.05) is 15.9 Å². The van der Waals surface area contributed by atoms with Gasteiger partial charge in [0.05, 0.1) is 6.61 Å². The Bertz CT molecular complexity index is 416. The second-order valence-electron chi connectivity index (χ2n) is 4.49. The van der Waals surface area contributed by atoms with Gasteiger partial charge in [-0.15, -0.1) is 0 Å². The summed E-state index contributed by atoms with van der Waals surface area (Å²) in [5.41, 5.74) is 0.797. The molecule has 0 spiro atoms. The fourth-order valence-corrected chi connectivity index (χ4v) is 2.32. The van der Waals surface area contributed by atoms with E-state index in [1.54, 1.807) is 4.90 Å². The van der Waals surface area contributed by atoms with Crippen molar-refractivity contribution in [2.45, 2.75) is 0 Å². The largest absolute Gasteiger partial charge is 0.395 e. The van der Waals surface area contributed by atoms with Crippen LogP contribution in [0.25, 0.3) is 0 Å². The molecule has 0 saturated carbocycles. The molecule has 0 unspecified atom stereocenters. The van der Waals surface area contributed by atoms with Crippen LogP contribution in [0.5, 0.6) is 0 Å². The summed E-state index contributed by atoms with van der Waals surface area (Å²) in [6, 6.07) is 7.46. The van der Waals surface area contributed by atoms with E-state index in [2.05, 4.69) is 26.1 Å². The van der Waals surface area contributed by atoms with Crippen LogP contribution in [-0.4, -0.2) is 60.3 Å². The summed E-state index contributed by atoms with van der Waals surface area (Å²) in [6.07, 6.45) is 0. The minimum absolute atomic E-state index is 0.0639. The lowest BCUT2D eigenvalue weighted by Crippen LogP contribution is -2.50. The van der Waals surface area contributed by atoms with Gasteiger partial charge in [-0.3, -0.25) is 4.90 Å². The summed E-state index contributed by atoms with van der Waals surface area (Å²) in [7, 11) is 0. The van der Waals surface area contributed by atoms with E-state index in [9.17, 15) is 4.79 Å². The Morgan fingerprint density at radius 2 is 1.84 bits per heavy atom. The number of benzene rings is 1. The lowest BCUT2D eigenvalue weighted by atomic mass is 10.3. The highest BCUT2D eigenvalue weighted by molar-refractivity contribution is 9.10. The summed E-state index contributed by atoms with van der Waals surface area (Å²) in [4.78, 5) is 16.0. The smallest absolute Gasteiger partial charge is 0.321 e. The number of anilines is 1. The highest BCUT2D eigenvalue weighted by atomic mass is 79.9. The maximum Gasteiger partial charge on any atom is 0.321 e. The molecule has 0 aliphatic carbocycles. The first-order valence-corrected chi connectivity index (χ1v) is 7.13. The molecule has 1 aliphatic heterocycles. The number of hydrogen-bond acceptors (Lipinski definition) is 3. The summed E-state index contributed by atoms with van der Waals surface area (Å²) in [6.45, 7) is 3.88. The van der Waals surface area contributed by atoms with Gasteiger partial charge in [-0.25, -0.2) is 4.79 Å². The lowest BCUT2D eigenvalue weighted by Gasteiger charge is -2.34. The molecule has 5 nitrogen and oxygen atoms in total. The zero-order chi connectivity index (χ0) is 13.7. The van der Waals surface area contributed by atoms with Crippen molar-refractivity contribution in [3.8, 4) is 0 Å². The van der Waals surface area contributed by atoms with Gasteiger partial charge in [0.1, 0.15) is 0 Å². The van der Waals surface area contributed by atoms with E-state index in [0.29, 0.717) is 19.6 Å². The monoisotopic (exact) mass is 327 g/mol. The van der Waals surface area contributed by atoms with Gasteiger partial charge in [0.15, 0.2) is 0 Å². The highest BCUT2D eigenvalue weighted by Gasteiger charge is 2.20. The van der Waals surface area contributed by atoms with Crippen LogP contribution in [0.15, 0.2) is 28.7 Å². The minimum atomic E-state index is -0.0639. The van der Waals surface area contributed by atoms with Crippen LogP contribution in [0, 0.1) is 0 Å². The number of rotatable bonds is 3. The number of carbonyl (C=O) groups excluding carboxylic acids is 1. The molecule has 2 amide bonds. The van der Waals surface area contributed by atoms with Gasteiger partial charge >= 0.3 is 6.03 Å². The Morgan fingerprint density at radius 3 is 2.42 bits per heavy atom. The van der Waals surface area contributed by atoms with Crippen LogP contribution in [0.1, 0.15) is 0 Å². The third-order valence-electron chi connectivity index (χ3n) is 3.17. The molecule has 1 aromatic rings. The molecule has 1 aromatic carbocycles. The van der Waals surface area contributed by atoms with E-state index < -0.39 is 0 Å². The number of piperazine rings is 1. The molecule has 0 radical (unpaired) electrons. The van der Waals surface area contributed by atoms with Crippen molar-refractivity contribution in [2.24, 2.45) is 0 Å². The molecule has 1 heterocycles. The molecule has 2 rings (SSSR count). The fraction of sp³-hybridized carbons (Fsp3) is 0.462. The fourth-order valence-electron chi connectivity index (χ4n) is 2.05. The number of aliphatic hydroxyl groups is 1. The first-order chi connectivity index (χ1) is 9.19. The maximum absolute atomic E-state index is 12.1. The second kappa shape index (κ2) is 6.88. The molecular weight excluding hydrogens is 310 g/mol. The Hall–Kier alpha value is -1.11. The average molecular weight is 328 g/mol. The predicted octanol–water partition coefficient (Wildman–Crippen LogP) is 1.59. The van der Waals surface area contributed by atoms with Gasteiger partial charge < -0.3 is 15.3 Å². The average Bonchev–Trinajstić information content (AvgIpc) is 2.42. The molecule has 0 atom stereocenters. The molecule has 1 fully saturated rings.